The van der Waals surface area contributed by atoms with E-state index in [9.17, 15) is 0 Å². The Hall–Kier alpha value is -0.120. The van der Waals surface area contributed by atoms with Crippen molar-refractivity contribution in [1.82, 2.24) is 10.2 Å². The van der Waals surface area contributed by atoms with Crippen LogP contribution in [0.25, 0.3) is 0 Å². The van der Waals surface area contributed by atoms with E-state index < -0.39 is 0 Å². The van der Waals surface area contributed by atoms with E-state index in [0.29, 0.717) is 0 Å². The summed E-state index contributed by atoms with van der Waals surface area (Å²) in [6.45, 7) is 5.74. The molecule has 13 heavy (non-hydrogen) atoms. The Morgan fingerprint density at radius 3 is 2.54 bits per heavy atom. The molecule has 1 unspecified atom stereocenters. The molecule has 1 atom stereocenters. The molecule has 3 aliphatic heterocycles. The molecule has 3 saturated heterocycles. The van der Waals surface area contributed by atoms with Crippen LogP contribution in [0.15, 0.2) is 0 Å². The molecule has 0 aromatic carbocycles. The van der Waals surface area contributed by atoms with E-state index in [1.54, 1.807) is 0 Å². The van der Waals surface area contributed by atoms with Gasteiger partial charge in [-0.3, -0.25) is 4.90 Å². The van der Waals surface area contributed by atoms with E-state index in [-0.39, 0.29) is 5.60 Å². The maximum absolute atomic E-state index is 5.90. The highest BCUT2D eigenvalue weighted by Gasteiger charge is 2.46. The van der Waals surface area contributed by atoms with Crippen molar-refractivity contribution in [2.75, 3.05) is 32.8 Å². The minimum Gasteiger partial charge on any atom is -0.371 e. The summed E-state index contributed by atoms with van der Waals surface area (Å²) in [4.78, 5) is 2.62. The second kappa shape index (κ2) is 2.94. The van der Waals surface area contributed by atoms with Gasteiger partial charge in [0.25, 0.3) is 0 Å². The predicted molar refractivity (Wildman–Crippen MR) is 50.8 cm³/mol. The molecule has 1 N–H and O–H groups in total. The summed E-state index contributed by atoms with van der Waals surface area (Å²) in [7, 11) is 0. The summed E-state index contributed by atoms with van der Waals surface area (Å²) >= 11 is 0. The van der Waals surface area contributed by atoms with Gasteiger partial charge in [0, 0.05) is 19.1 Å². The molecule has 3 aliphatic rings. The number of hydrogen-bond acceptors (Lipinski definition) is 3. The van der Waals surface area contributed by atoms with Gasteiger partial charge in [-0.1, -0.05) is 0 Å². The van der Waals surface area contributed by atoms with Crippen LogP contribution < -0.4 is 5.32 Å². The van der Waals surface area contributed by atoms with Gasteiger partial charge in [0.05, 0.1) is 12.2 Å². The molecule has 3 heterocycles. The van der Waals surface area contributed by atoms with Gasteiger partial charge in [-0.15, -0.1) is 0 Å². The first-order chi connectivity index (χ1) is 6.38. The van der Waals surface area contributed by atoms with Gasteiger partial charge in [0.1, 0.15) is 0 Å². The van der Waals surface area contributed by atoms with Crippen molar-refractivity contribution < 1.29 is 4.74 Å². The molecule has 0 bridgehead atoms. The van der Waals surface area contributed by atoms with E-state index >= 15 is 0 Å². The van der Waals surface area contributed by atoms with Crippen molar-refractivity contribution in [3.8, 4) is 0 Å². The lowest BCUT2D eigenvalue weighted by molar-refractivity contribution is -0.0365. The number of likely N-dealkylation sites (tertiary alicyclic amines) is 1. The number of nitrogens with zero attached hydrogens (tertiary/aromatic N) is 1. The van der Waals surface area contributed by atoms with Crippen molar-refractivity contribution in [3.63, 3.8) is 0 Å². The van der Waals surface area contributed by atoms with Gasteiger partial charge in [0.2, 0.25) is 0 Å². The highest BCUT2D eigenvalue weighted by molar-refractivity contribution is 5.02. The molecule has 0 amide bonds. The number of hydrogen-bond donors (Lipinski definition) is 1. The van der Waals surface area contributed by atoms with E-state index in [2.05, 4.69) is 10.2 Å². The summed E-state index contributed by atoms with van der Waals surface area (Å²) in [6, 6.07) is 0.726. The van der Waals surface area contributed by atoms with Crippen LogP contribution in [0.2, 0.25) is 0 Å². The third kappa shape index (κ3) is 1.30. The van der Waals surface area contributed by atoms with Crippen molar-refractivity contribution >= 4 is 0 Å². The molecule has 0 aromatic heterocycles. The van der Waals surface area contributed by atoms with Crippen molar-refractivity contribution in [3.05, 3.63) is 0 Å². The maximum Gasteiger partial charge on any atom is 0.0946 e. The van der Waals surface area contributed by atoms with Gasteiger partial charge in [-0.25, -0.2) is 0 Å². The largest absolute Gasteiger partial charge is 0.371 e. The molecule has 0 saturated carbocycles. The van der Waals surface area contributed by atoms with Crippen LogP contribution in [0.4, 0.5) is 0 Å². The summed E-state index contributed by atoms with van der Waals surface area (Å²) in [5.74, 6) is 0. The van der Waals surface area contributed by atoms with Crippen LogP contribution in [0, 0.1) is 0 Å². The van der Waals surface area contributed by atoms with Crippen LogP contribution in [0.1, 0.15) is 19.3 Å². The average Bonchev–Trinajstić information content (AvgIpc) is 2.71. The van der Waals surface area contributed by atoms with Gasteiger partial charge in [0.15, 0.2) is 0 Å². The van der Waals surface area contributed by atoms with Gasteiger partial charge >= 0.3 is 0 Å². The second-order valence-electron chi connectivity index (χ2n) is 4.70. The minimum absolute atomic E-state index is 0.243. The first-order valence-electron chi connectivity index (χ1n) is 5.47. The van der Waals surface area contributed by atoms with E-state index in [1.165, 1.54) is 32.4 Å². The Morgan fingerprint density at radius 1 is 1.23 bits per heavy atom. The van der Waals surface area contributed by atoms with Gasteiger partial charge in [-0.05, 0) is 32.4 Å². The smallest absolute Gasteiger partial charge is 0.0946 e. The Morgan fingerprint density at radius 2 is 2.00 bits per heavy atom. The molecule has 0 radical (unpaired) electrons. The standard InChI is InChI=1S/C10H18N2O/c1-2-4-12(3-1)9-5-10(13-6-9)7-11-8-10/h9,11H,1-8H2. The lowest BCUT2D eigenvalue weighted by atomic mass is 9.91. The lowest BCUT2D eigenvalue weighted by Gasteiger charge is -2.38. The zero-order valence-electron chi connectivity index (χ0n) is 8.09. The van der Waals surface area contributed by atoms with Gasteiger partial charge < -0.3 is 10.1 Å². The Labute approximate surface area is 79.4 Å². The number of nitrogens with one attached hydrogen (secondary N) is 1. The molecular formula is C10H18N2O. The molecule has 0 aromatic rings. The molecule has 0 aliphatic carbocycles. The number of rotatable bonds is 1. The number of ether oxygens (including phenoxy) is 1. The first-order valence-corrected chi connectivity index (χ1v) is 5.47. The van der Waals surface area contributed by atoms with Crippen LogP contribution >= 0.6 is 0 Å². The quantitative estimate of drug-likeness (QED) is 0.627. The zero-order valence-corrected chi connectivity index (χ0v) is 8.09. The second-order valence-corrected chi connectivity index (χ2v) is 4.70. The third-order valence-corrected chi connectivity index (χ3v) is 3.74. The SMILES string of the molecule is C1CCN(C2COC3(CNC3)C2)C1. The molecule has 1 spiro atoms. The summed E-state index contributed by atoms with van der Waals surface area (Å²) < 4.78 is 5.90. The lowest BCUT2D eigenvalue weighted by Crippen LogP contribution is -2.59. The highest BCUT2D eigenvalue weighted by atomic mass is 16.5. The normalized spacial score (nSPS) is 38.3. The van der Waals surface area contributed by atoms with Crippen molar-refractivity contribution in [2.24, 2.45) is 0 Å². The maximum atomic E-state index is 5.90. The molecule has 74 valence electrons. The molecule has 3 fully saturated rings. The monoisotopic (exact) mass is 182 g/mol. The topological polar surface area (TPSA) is 24.5 Å². The summed E-state index contributed by atoms with van der Waals surface area (Å²) in [5, 5.41) is 3.31. The van der Waals surface area contributed by atoms with Gasteiger partial charge in [-0.2, -0.15) is 0 Å². The average molecular weight is 182 g/mol. The van der Waals surface area contributed by atoms with E-state index in [1.807, 2.05) is 0 Å². The van der Waals surface area contributed by atoms with Crippen LogP contribution in [0.5, 0.6) is 0 Å². The Kier molecular flexibility index (Phi) is 1.86. The van der Waals surface area contributed by atoms with Crippen molar-refractivity contribution in [2.45, 2.75) is 30.9 Å². The fourth-order valence-electron chi connectivity index (χ4n) is 2.81. The molecule has 3 nitrogen and oxygen atoms in total. The predicted octanol–water partition coefficient (Wildman–Crippen LogP) is 0.213. The Balaban J connectivity index is 1.61. The van der Waals surface area contributed by atoms with E-state index in [4.69, 9.17) is 4.74 Å². The highest BCUT2D eigenvalue weighted by Crippen LogP contribution is 2.33. The fraction of sp³-hybridized carbons (Fsp3) is 1.00. The summed E-state index contributed by atoms with van der Waals surface area (Å²) in [5.41, 5.74) is 0.243. The molecular weight excluding hydrogens is 164 g/mol. The van der Waals surface area contributed by atoms with Crippen LogP contribution in [-0.2, 0) is 4.74 Å². The third-order valence-electron chi connectivity index (χ3n) is 3.74. The van der Waals surface area contributed by atoms with E-state index in [0.717, 1.165) is 25.7 Å². The van der Waals surface area contributed by atoms with Crippen LogP contribution in [-0.4, -0.2) is 49.3 Å². The van der Waals surface area contributed by atoms with Crippen molar-refractivity contribution in [1.29, 1.82) is 0 Å². The van der Waals surface area contributed by atoms with Crippen LogP contribution in [0.3, 0.4) is 0 Å². The first kappa shape index (κ1) is 8.21. The summed E-state index contributed by atoms with van der Waals surface area (Å²) in [6.07, 6.45) is 4.05. The fourth-order valence-corrected chi connectivity index (χ4v) is 2.81. The zero-order chi connectivity index (χ0) is 8.73. The molecule has 3 heteroatoms. The Bertz CT molecular complexity index is 197. The minimum atomic E-state index is 0.243. The molecule has 3 rings (SSSR count).